The Bertz CT molecular complexity index is 467. The highest BCUT2D eigenvalue weighted by Gasteiger charge is 2.05. The molecule has 2 aromatic heterocycles. The molecule has 0 atom stereocenters. The molecule has 0 saturated heterocycles. The molecular weight excluding hydrogens is 236 g/mol. The van der Waals surface area contributed by atoms with Crippen LogP contribution in [0.1, 0.15) is 18.9 Å². The van der Waals surface area contributed by atoms with E-state index in [1.54, 1.807) is 10.9 Å². The molecular formula is C12H15ClN4. The lowest BCUT2D eigenvalue weighted by Gasteiger charge is -2.07. The molecule has 2 heterocycles. The lowest BCUT2D eigenvalue weighted by molar-refractivity contribution is 0.673. The van der Waals surface area contributed by atoms with Crippen LogP contribution in [0.3, 0.4) is 0 Å². The molecule has 0 fully saturated rings. The van der Waals surface area contributed by atoms with Crippen LogP contribution in [0, 0.1) is 0 Å². The molecule has 0 aromatic carbocycles. The maximum absolute atomic E-state index is 6.18. The molecule has 0 aliphatic rings. The van der Waals surface area contributed by atoms with E-state index < -0.39 is 0 Å². The Balaban J connectivity index is 2.12. The topological polar surface area (TPSA) is 42.7 Å². The molecule has 0 bridgehead atoms. The second-order valence-electron chi connectivity index (χ2n) is 3.78. The number of nitrogens with one attached hydrogen (secondary N) is 1. The number of nitrogens with zero attached hydrogens (tertiary/aromatic N) is 3. The first-order chi connectivity index (χ1) is 8.31. The van der Waals surface area contributed by atoms with Crippen LogP contribution < -0.4 is 5.32 Å². The van der Waals surface area contributed by atoms with Gasteiger partial charge in [0.15, 0.2) is 5.82 Å². The van der Waals surface area contributed by atoms with Gasteiger partial charge in [-0.25, -0.2) is 9.67 Å². The highest BCUT2D eigenvalue weighted by atomic mass is 35.5. The Morgan fingerprint density at radius 2 is 2.35 bits per heavy atom. The van der Waals surface area contributed by atoms with Gasteiger partial charge in [-0.15, -0.1) is 0 Å². The standard InChI is InChI=1S/C12H15ClN4/c1-2-4-14-8-10-7-11(13)12(15-9-10)17-6-3-5-16-17/h3,5-7,9,14H,2,4,8H2,1H3. The van der Waals surface area contributed by atoms with E-state index in [0.717, 1.165) is 25.1 Å². The minimum Gasteiger partial charge on any atom is -0.313 e. The SMILES string of the molecule is CCCNCc1cnc(-n2cccn2)c(Cl)c1. The van der Waals surface area contributed by atoms with Crippen molar-refractivity contribution >= 4 is 11.6 Å². The first kappa shape index (κ1) is 12.1. The van der Waals surface area contributed by atoms with Crippen molar-refractivity contribution in [2.45, 2.75) is 19.9 Å². The van der Waals surface area contributed by atoms with Gasteiger partial charge in [0.1, 0.15) is 0 Å². The average molecular weight is 251 g/mol. The van der Waals surface area contributed by atoms with Gasteiger partial charge in [-0.3, -0.25) is 0 Å². The number of hydrogen-bond acceptors (Lipinski definition) is 3. The lowest BCUT2D eigenvalue weighted by atomic mass is 10.2. The molecule has 0 aliphatic heterocycles. The zero-order valence-electron chi connectivity index (χ0n) is 9.73. The van der Waals surface area contributed by atoms with Gasteiger partial charge in [0, 0.05) is 25.1 Å². The lowest BCUT2D eigenvalue weighted by Crippen LogP contribution is -2.14. The van der Waals surface area contributed by atoms with Crippen LogP contribution in [-0.2, 0) is 6.54 Å². The van der Waals surface area contributed by atoms with Gasteiger partial charge >= 0.3 is 0 Å². The van der Waals surface area contributed by atoms with Crippen molar-refractivity contribution in [3.8, 4) is 5.82 Å². The number of pyridine rings is 1. The number of hydrogen-bond donors (Lipinski definition) is 1. The molecule has 17 heavy (non-hydrogen) atoms. The summed E-state index contributed by atoms with van der Waals surface area (Å²) < 4.78 is 1.66. The van der Waals surface area contributed by atoms with E-state index in [9.17, 15) is 0 Å². The van der Waals surface area contributed by atoms with Crippen molar-refractivity contribution in [2.24, 2.45) is 0 Å². The molecule has 2 rings (SSSR count). The van der Waals surface area contributed by atoms with E-state index in [1.165, 1.54) is 0 Å². The Morgan fingerprint density at radius 1 is 1.47 bits per heavy atom. The van der Waals surface area contributed by atoms with Crippen LogP contribution in [0.25, 0.3) is 5.82 Å². The molecule has 0 aliphatic carbocycles. The summed E-state index contributed by atoms with van der Waals surface area (Å²) in [4.78, 5) is 4.33. The van der Waals surface area contributed by atoms with Crippen molar-refractivity contribution in [2.75, 3.05) is 6.54 Å². The zero-order valence-corrected chi connectivity index (χ0v) is 10.5. The molecule has 5 heteroatoms. The van der Waals surface area contributed by atoms with Crippen molar-refractivity contribution in [3.63, 3.8) is 0 Å². The smallest absolute Gasteiger partial charge is 0.172 e. The van der Waals surface area contributed by atoms with Gasteiger partial charge in [0.25, 0.3) is 0 Å². The second kappa shape index (κ2) is 5.80. The molecule has 2 aromatic rings. The highest BCUT2D eigenvalue weighted by Crippen LogP contribution is 2.18. The van der Waals surface area contributed by atoms with Crippen LogP contribution >= 0.6 is 11.6 Å². The molecule has 1 N–H and O–H groups in total. The minimum absolute atomic E-state index is 0.615. The fraction of sp³-hybridized carbons (Fsp3) is 0.333. The maximum atomic E-state index is 6.18. The fourth-order valence-corrected chi connectivity index (χ4v) is 1.81. The highest BCUT2D eigenvalue weighted by molar-refractivity contribution is 6.32. The van der Waals surface area contributed by atoms with Crippen LogP contribution in [0.15, 0.2) is 30.7 Å². The number of rotatable bonds is 5. The van der Waals surface area contributed by atoms with E-state index >= 15 is 0 Å². The second-order valence-corrected chi connectivity index (χ2v) is 4.18. The zero-order chi connectivity index (χ0) is 12.1. The molecule has 90 valence electrons. The van der Waals surface area contributed by atoms with E-state index in [2.05, 4.69) is 22.3 Å². The summed E-state index contributed by atoms with van der Waals surface area (Å²) in [5, 5.41) is 8.03. The summed E-state index contributed by atoms with van der Waals surface area (Å²) in [6, 6.07) is 3.77. The third-order valence-electron chi connectivity index (χ3n) is 2.36. The minimum atomic E-state index is 0.615. The summed E-state index contributed by atoms with van der Waals surface area (Å²) in [6.07, 6.45) is 6.47. The Morgan fingerprint density at radius 3 is 3.00 bits per heavy atom. The summed E-state index contributed by atoms with van der Waals surface area (Å²) >= 11 is 6.18. The third-order valence-corrected chi connectivity index (χ3v) is 2.63. The van der Waals surface area contributed by atoms with Crippen molar-refractivity contribution < 1.29 is 0 Å². The molecule has 4 nitrogen and oxygen atoms in total. The molecule has 0 saturated carbocycles. The summed E-state index contributed by atoms with van der Waals surface area (Å²) in [6.45, 7) is 3.93. The van der Waals surface area contributed by atoms with Gasteiger partial charge in [-0.05, 0) is 30.7 Å². The van der Waals surface area contributed by atoms with Crippen molar-refractivity contribution in [1.29, 1.82) is 0 Å². The van der Waals surface area contributed by atoms with Gasteiger partial charge in [0.05, 0.1) is 5.02 Å². The molecule has 0 amide bonds. The first-order valence-electron chi connectivity index (χ1n) is 5.66. The van der Waals surface area contributed by atoms with Crippen molar-refractivity contribution in [3.05, 3.63) is 41.3 Å². The van der Waals surface area contributed by atoms with Gasteiger partial charge in [-0.2, -0.15) is 5.10 Å². The Hall–Kier alpha value is -1.39. The Kier molecular flexibility index (Phi) is 4.12. The fourth-order valence-electron chi connectivity index (χ4n) is 1.54. The van der Waals surface area contributed by atoms with E-state index in [4.69, 9.17) is 11.6 Å². The van der Waals surface area contributed by atoms with Gasteiger partial charge < -0.3 is 5.32 Å². The predicted molar refractivity (Wildman–Crippen MR) is 68.4 cm³/mol. The van der Waals surface area contributed by atoms with E-state index in [1.807, 2.05) is 24.5 Å². The summed E-state index contributed by atoms with van der Waals surface area (Å²) in [5.74, 6) is 0.663. The monoisotopic (exact) mass is 250 g/mol. The quantitative estimate of drug-likeness (QED) is 0.829. The largest absolute Gasteiger partial charge is 0.313 e. The summed E-state index contributed by atoms with van der Waals surface area (Å²) in [5.41, 5.74) is 1.08. The van der Waals surface area contributed by atoms with Gasteiger partial charge in [0.2, 0.25) is 0 Å². The third kappa shape index (κ3) is 3.05. The van der Waals surface area contributed by atoms with Crippen LogP contribution in [-0.4, -0.2) is 21.3 Å². The number of halogens is 1. The Labute approximate surface area is 106 Å². The van der Waals surface area contributed by atoms with Crippen molar-refractivity contribution in [1.82, 2.24) is 20.1 Å². The number of aromatic nitrogens is 3. The molecule has 0 spiro atoms. The van der Waals surface area contributed by atoms with Crippen LogP contribution in [0.2, 0.25) is 5.02 Å². The van der Waals surface area contributed by atoms with Crippen LogP contribution in [0.4, 0.5) is 0 Å². The molecule has 0 radical (unpaired) electrons. The maximum Gasteiger partial charge on any atom is 0.172 e. The normalized spacial score (nSPS) is 10.7. The predicted octanol–water partition coefficient (Wildman–Crippen LogP) is 2.42. The van der Waals surface area contributed by atoms with Crippen LogP contribution in [0.5, 0.6) is 0 Å². The summed E-state index contributed by atoms with van der Waals surface area (Å²) in [7, 11) is 0. The van der Waals surface area contributed by atoms with E-state index in [-0.39, 0.29) is 0 Å². The first-order valence-corrected chi connectivity index (χ1v) is 6.04. The molecule has 0 unspecified atom stereocenters. The van der Waals surface area contributed by atoms with Gasteiger partial charge in [-0.1, -0.05) is 18.5 Å². The average Bonchev–Trinajstić information content (AvgIpc) is 2.83. The van der Waals surface area contributed by atoms with E-state index in [0.29, 0.717) is 10.8 Å².